The van der Waals surface area contributed by atoms with E-state index >= 15 is 0 Å². The van der Waals surface area contributed by atoms with E-state index in [0.29, 0.717) is 5.75 Å². The Kier molecular flexibility index (Phi) is 6.20. The van der Waals surface area contributed by atoms with Crippen molar-refractivity contribution in [3.05, 3.63) is 55.1 Å². The summed E-state index contributed by atoms with van der Waals surface area (Å²) in [4.78, 5) is 22.9. The molecule has 2 unspecified atom stereocenters. The third kappa shape index (κ3) is 5.52. The standard InChI is InChI=1S/C16H18O5/c1-5-14(17)20-16(21-15(18)11(2)3)12(4)19-13-9-7-6-8-10-13/h5-10,12,16H,1-2H2,3-4H3. The zero-order chi connectivity index (χ0) is 15.8. The van der Waals surface area contributed by atoms with Crippen LogP contribution in [0.5, 0.6) is 5.75 Å². The second kappa shape index (κ2) is 7.89. The summed E-state index contributed by atoms with van der Waals surface area (Å²) in [6.45, 7) is 9.89. The van der Waals surface area contributed by atoms with Gasteiger partial charge in [-0.05, 0) is 26.0 Å². The molecule has 1 aromatic carbocycles. The molecule has 0 amide bonds. The normalized spacial score (nSPS) is 12.7. The van der Waals surface area contributed by atoms with Crippen LogP contribution < -0.4 is 4.74 Å². The lowest BCUT2D eigenvalue weighted by molar-refractivity contribution is -0.196. The molecular weight excluding hydrogens is 272 g/mol. The molecule has 0 aliphatic carbocycles. The van der Waals surface area contributed by atoms with Gasteiger partial charge in [0.1, 0.15) is 5.75 Å². The van der Waals surface area contributed by atoms with Crippen molar-refractivity contribution in [3.8, 4) is 5.75 Å². The van der Waals surface area contributed by atoms with Crippen molar-refractivity contribution in [2.24, 2.45) is 0 Å². The molecule has 0 spiro atoms. The van der Waals surface area contributed by atoms with E-state index < -0.39 is 24.3 Å². The van der Waals surface area contributed by atoms with Crippen molar-refractivity contribution in [2.45, 2.75) is 26.2 Å². The molecular formula is C16H18O5. The minimum atomic E-state index is -1.19. The van der Waals surface area contributed by atoms with Crippen molar-refractivity contribution in [1.29, 1.82) is 0 Å². The maximum absolute atomic E-state index is 11.6. The Balaban J connectivity index is 2.78. The fourth-order valence-corrected chi connectivity index (χ4v) is 1.35. The van der Waals surface area contributed by atoms with Gasteiger partial charge in [-0.15, -0.1) is 0 Å². The van der Waals surface area contributed by atoms with E-state index in [1.165, 1.54) is 6.92 Å². The van der Waals surface area contributed by atoms with E-state index in [1.54, 1.807) is 31.2 Å². The van der Waals surface area contributed by atoms with Gasteiger partial charge in [0.15, 0.2) is 6.10 Å². The highest BCUT2D eigenvalue weighted by atomic mass is 16.7. The highest BCUT2D eigenvalue weighted by molar-refractivity contribution is 5.87. The summed E-state index contributed by atoms with van der Waals surface area (Å²) in [5, 5.41) is 0. The minimum Gasteiger partial charge on any atom is -0.483 e. The van der Waals surface area contributed by atoms with Gasteiger partial charge in [-0.1, -0.05) is 31.4 Å². The summed E-state index contributed by atoms with van der Waals surface area (Å²) < 4.78 is 15.6. The van der Waals surface area contributed by atoms with Gasteiger partial charge >= 0.3 is 11.9 Å². The van der Waals surface area contributed by atoms with Gasteiger partial charge in [0, 0.05) is 11.6 Å². The molecule has 1 rings (SSSR count). The zero-order valence-electron chi connectivity index (χ0n) is 12.1. The summed E-state index contributed by atoms with van der Waals surface area (Å²) in [5.74, 6) is -0.811. The van der Waals surface area contributed by atoms with E-state index in [2.05, 4.69) is 13.2 Å². The molecule has 0 saturated heterocycles. The number of ether oxygens (including phenoxy) is 3. The van der Waals surface area contributed by atoms with Gasteiger partial charge in [0.25, 0.3) is 6.29 Å². The molecule has 0 bridgehead atoms. The molecule has 0 aliphatic heterocycles. The third-order valence-corrected chi connectivity index (χ3v) is 2.42. The molecule has 0 saturated carbocycles. The number of para-hydroxylation sites is 1. The van der Waals surface area contributed by atoms with Gasteiger partial charge in [-0.25, -0.2) is 9.59 Å². The molecule has 1 aromatic rings. The highest BCUT2D eigenvalue weighted by Crippen LogP contribution is 2.15. The Morgan fingerprint density at radius 1 is 1.19 bits per heavy atom. The van der Waals surface area contributed by atoms with E-state index in [-0.39, 0.29) is 5.57 Å². The second-order valence-electron chi connectivity index (χ2n) is 4.33. The van der Waals surface area contributed by atoms with Crippen LogP contribution in [0.2, 0.25) is 0 Å². The topological polar surface area (TPSA) is 61.8 Å². The number of hydrogen-bond acceptors (Lipinski definition) is 5. The van der Waals surface area contributed by atoms with Crippen molar-refractivity contribution in [2.75, 3.05) is 0 Å². The number of rotatable bonds is 7. The van der Waals surface area contributed by atoms with Crippen LogP contribution in [0, 0.1) is 0 Å². The molecule has 0 fully saturated rings. The summed E-state index contributed by atoms with van der Waals surface area (Å²) >= 11 is 0. The molecule has 0 heterocycles. The van der Waals surface area contributed by atoms with Crippen LogP contribution in [-0.4, -0.2) is 24.3 Å². The Morgan fingerprint density at radius 2 is 1.81 bits per heavy atom. The number of benzene rings is 1. The molecule has 21 heavy (non-hydrogen) atoms. The van der Waals surface area contributed by atoms with Crippen LogP contribution in [0.1, 0.15) is 13.8 Å². The van der Waals surface area contributed by atoms with E-state index in [4.69, 9.17) is 14.2 Å². The first-order valence-electron chi connectivity index (χ1n) is 6.35. The Hall–Kier alpha value is -2.56. The average molecular weight is 290 g/mol. The molecule has 5 heteroatoms. The highest BCUT2D eigenvalue weighted by Gasteiger charge is 2.27. The molecule has 0 radical (unpaired) electrons. The van der Waals surface area contributed by atoms with E-state index in [0.717, 1.165) is 6.08 Å². The smallest absolute Gasteiger partial charge is 0.336 e. The van der Waals surface area contributed by atoms with Crippen LogP contribution in [0.25, 0.3) is 0 Å². The zero-order valence-corrected chi connectivity index (χ0v) is 12.1. The first-order chi connectivity index (χ1) is 9.93. The van der Waals surface area contributed by atoms with Crippen molar-refractivity contribution in [1.82, 2.24) is 0 Å². The number of carbonyl (C=O) groups excluding carboxylic acids is 2. The first-order valence-corrected chi connectivity index (χ1v) is 6.35. The Morgan fingerprint density at radius 3 is 2.33 bits per heavy atom. The third-order valence-electron chi connectivity index (χ3n) is 2.42. The van der Waals surface area contributed by atoms with E-state index in [9.17, 15) is 9.59 Å². The van der Waals surface area contributed by atoms with Gasteiger partial charge in [0.05, 0.1) is 0 Å². The minimum absolute atomic E-state index is 0.196. The predicted octanol–water partition coefficient (Wildman–Crippen LogP) is 2.63. The van der Waals surface area contributed by atoms with Crippen LogP contribution in [0.4, 0.5) is 0 Å². The molecule has 0 N–H and O–H groups in total. The fraction of sp³-hybridized carbons (Fsp3) is 0.250. The maximum Gasteiger partial charge on any atom is 0.336 e. The molecule has 5 nitrogen and oxygen atoms in total. The summed E-state index contributed by atoms with van der Waals surface area (Å²) in [6.07, 6.45) is -0.906. The van der Waals surface area contributed by atoms with Crippen LogP contribution in [0.3, 0.4) is 0 Å². The lowest BCUT2D eigenvalue weighted by Gasteiger charge is -2.24. The monoisotopic (exact) mass is 290 g/mol. The second-order valence-corrected chi connectivity index (χ2v) is 4.33. The SMILES string of the molecule is C=CC(=O)OC(OC(=O)C(=C)C)C(C)Oc1ccccc1. The number of hydrogen-bond donors (Lipinski definition) is 0. The average Bonchev–Trinajstić information content (AvgIpc) is 2.47. The fourth-order valence-electron chi connectivity index (χ4n) is 1.35. The van der Waals surface area contributed by atoms with Crippen LogP contribution in [0.15, 0.2) is 55.1 Å². The van der Waals surface area contributed by atoms with Gasteiger partial charge < -0.3 is 14.2 Å². The lowest BCUT2D eigenvalue weighted by atomic mass is 10.3. The van der Waals surface area contributed by atoms with Gasteiger partial charge in [0.2, 0.25) is 0 Å². The van der Waals surface area contributed by atoms with Crippen molar-refractivity contribution < 1.29 is 23.8 Å². The molecule has 0 aromatic heterocycles. The van der Waals surface area contributed by atoms with Gasteiger partial charge in [-0.2, -0.15) is 0 Å². The van der Waals surface area contributed by atoms with Gasteiger partial charge in [-0.3, -0.25) is 0 Å². The Bertz CT molecular complexity index is 521. The van der Waals surface area contributed by atoms with Crippen LogP contribution >= 0.6 is 0 Å². The first kappa shape index (κ1) is 16.5. The summed E-state index contributed by atoms with van der Waals surface area (Å²) in [6, 6.07) is 8.92. The lowest BCUT2D eigenvalue weighted by Crippen LogP contribution is -2.37. The molecule has 0 aliphatic rings. The quantitative estimate of drug-likeness (QED) is 0.439. The van der Waals surface area contributed by atoms with Crippen molar-refractivity contribution in [3.63, 3.8) is 0 Å². The van der Waals surface area contributed by atoms with Crippen LogP contribution in [-0.2, 0) is 19.1 Å². The van der Waals surface area contributed by atoms with E-state index in [1.807, 2.05) is 6.07 Å². The largest absolute Gasteiger partial charge is 0.483 e. The molecule has 2 atom stereocenters. The predicted molar refractivity (Wildman–Crippen MR) is 77.5 cm³/mol. The number of esters is 2. The van der Waals surface area contributed by atoms with Crippen molar-refractivity contribution >= 4 is 11.9 Å². The summed E-state index contributed by atoms with van der Waals surface area (Å²) in [5.41, 5.74) is 0.196. The number of carbonyl (C=O) groups is 2. The Labute approximate surface area is 123 Å². The summed E-state index contributed by atoms with van der Waals surface area (Å²) in [7, 11) is 0. The maximum atomic E-state index is 11.6. The molecule has 112 valence electrons.